The number of carboxylic acids is 1. The number of carbonyl (C=O) groups is 1. The second-order valence-electron chi connectivity index (χ2n) is 3.29. The molecule has 2 rings (SSSR count). The molecule has 1 aromatic heterocycles. The number of fused-ring (bicyclic) bond motifs is 1. The van der Waals surface area contributed by atoms with Crippen molar-refractivity contribution in [1.29, 1.82) is 0 Å². The summed E-state index contributed by atoms with van der Waals surface area (Å²) in [7, 11) is 0. The Kier molecular flexibility index (Phi) is 2.43. The summed E-state index contributed by atoms with van der Waals surface area (Å²) in [5.74, 6) is -0.845. The Morgan fingerprint density at radius 1 is 1.69 bits per heavy atom. The first-order chi connectivity index (χ1) is 6.18. The van der Waals surface area contributed by atoms with Gasteiger partial charge in [0.15, 0.2) is 0 Å². The molecular formula is C9H9BrO2S. The predicted molar refractivity (Wildman–Crippen MR) is 55.2 cm³/mol. The summed E-state index contributed by atoms with van der Waals surface area (Å²) < 4.78 is 1.11. The van der Waals surface area contributed by atoms with Crippen LogP contribution in [0.5, 0.6) is 0 Å². The van der Waals surface area contributed by atoms with Gasteiger partial charge < -0.3 is 5.11 Å². The van der Waals surface area contributed by atoms with E-state index >= 15 is 0 Å². The summed E-state index contributed by atoms with van der Waals surface area (Å²) in [5.41, 5.74) is 2.54. The standard InChI is InChI=1S/C9H9BrO2S/c10-8-7-3-5(9(11)12)1-2-6(7)4-13-8/h4-5H,1-3H2,(H,11,12). The number of halogens is 1. The molecule has 70 valence electrons. The monoisotopic (exact) mass is 260 g/mol. The van der Waals surface area contributed by atoms with Gasteiger partial charge in [-0.15, -0.1) is 11.3 Å². The third kappa shape index (κ3) is 1.65. The maximum atomic E-state index is 10.8. The first-order valence-corrected chi connectivity index (χ1v) is 5.83. The van der Waals surface area contributed by atoms with E-state index in [0.717, 1.165) is 16.6 Å². The van der Waals surface area contributed by atoms with Crippen LogP contribution in [0.1, 0.15) is 17.5 Å². The molecule has 0 saturated heterocycles. The van der Waals surface area contributed by atoms with Crippen LogP contribution in [0.25, 0.3) is 0 Å². The molecule has 0 aromatic carbocycles. The van der Waals surface area contributed by atoms with Crippen LogP contribution in [0.3, 0.4) is 0 Å². The Balaban J connectivity index is 2.27. The fourth-order valence-corrected chi connectivity index (χ4v) is 3.26. The van der Waals surface area contributed by atoms with Gasteiger partial charge in [0.05, 0.1) is 9.70 Å². The molecule has 0 bridgehead atoms. The normalized spacial score (nSPS) is 21.2. The van der Waals surface area contributed by atoms with Crippen LogP contribution in [-0.2, 0) is 17.6 Å². The second kappa shape index (κ2) is 3.42. The lowest BCUT2D eigenvalue weighted by molar-refractivity contribution is -0.142. The van der Waals surface area contributed by atoms with Crippen LogP contribution in [-0.4, -0.2) is 11.1 Å². The minimum Gasteiger partial charge on any atom is -0.481 e. The molecule has 0 aliphatic heterocycles. The molecule has 0 saturated carbocycles. The summed E-state index contributed by atoms with van der Waals surface area (Å²) in [5, 5.41) is 11.0. The number of hydrogen-bond acceptors (Lipinski definition) is 2. The van der Waals surface area contributed by atoms with Crippen LogP contribution in [0.15, 0.2) is 9.17 Å². The topological polar surface area (TPSA) is 37.3 Å². The zero-order chi connectivity index (χ0) is 9.42. The first kappa shape index (κ1) is 9.21. The first-order valence-electron chi connectivity index (χ1n) is 4.16. The van der Waals surface area contributed by atoms with Crippen molar-refractivity contribution < 1.29 is 9.90 Å². The molecule has 0 spiro atoms. The molecule has 4 heteroatoms. The number of rotatable bonds is 1. The summed E-state index contributed by atoms with van der Waals surface area (Å²) in [4.78, 5) is 10.8. The molecule has 1 aliphatic carbocycles. The highest BCUT2D eigenvalue weighted by atomic mass is 79.9. The van der Waals surface area contributed by atoms with Gasteiger partial charge in [0, 0.05) is 0 Å². The van der Waals surface area contributed by atoms with Crippen LogP contribution in [0.4, 0.5) is 0 Å². The van der Waals surface area contributed by atoms with E-state index in [4.69, 9.17) is 5.11 Å². The molecule has 1 N–H and O–H groups in total. The number of carboxylic acid groups (broad SMARTS) is 1. The van der Waals surface area contributed by atoms with Gasteiger partial charge in [0.2, 0.25) is 0 Å². The van der Waals surface area contributed by atoms with Crippen molar-refractivity contribution >= 4 is 33.2 Å². The van der Waals surface area contributed by atoms with Gasteiger partial charge in [-0.1, -0.05) is 0 Å². The van der Waals surface area contributed by atoms with Crippen molar-refractivity contribution in [3.8, 4) is 0 Å². The minimum absolute atomic E-state index is 0.182. The Labute approximate surface area is 88.7 Å². The van der Waals surface area contributed by atoms with E-state index in [9.17, 15) is 4.79 Å². The van der Waals surface area contributed by atoms with Gasteiger partial charge in [0.25, 0.3) is 0 Å². The van der Waals surface area contributed by atoms with Crippen molar-refractivity contribution in [2.45, 2.75) is 19.3 Å². The van der Waals surface area contributed by atoms with Crippen LogP contribution < -0.4 is 0 Å². The van der Waals surface area contributed by atoms with Crippen LogP contribution in [0, 0.1) is 5.92 Å². The lowest BCUT2D eigenvalue weighted by Crippen LogP contribution is -2.21. The molecular weight excluding hydrogens is 252 g/mol. The van der Waals surface area contributed by atoms with E-state index in [1.165, 1.54) is 11.1 Å². The second-order valence-corrected chi connectivity index (χ2v) is 5.49. The number of hydrogen-bond donors (Lipinski definition) is 1. The summed E-state index contributed by atoms with van der Waals surface area (Å²) in [6.07, 6.45) is 2.38. The Bertz CT molecular complexity index is 345. The Hall–Kier alpha value is -0.350. The van der Waals surface area contributed by atoms with E-state index < -0.39 is 5.97 Å². The number of thiophene rings is 1. The molecule has 2 nitrogen and oxygen atoms in total. The van der Waals surface area contributed by atoms with Gasteiger partial charge >= 0.3 is 5.97 Å². The van der Waals surface area contributed by atoms with E-state index in [1.54, 1.807) is 11.3 Å². The highest BCUT2D eigenvalue weighted by molar-refractivity contribution is 9.11. The minimum atomic E-state index is -0.663. The third-order valence-electron chi connectivity index (χ3n) is 2.49. The average Bonchev–Trinajstić information content (AvgIpc) is 2.47. The Morgan fingerprint density at radius 3 is 3.15 bits per heavy atom. The van der Waals surface area contributed by atoms with Crippen molar-refractivity contribution in [2.24, 2.45) is 5.92 Å². The maximum Gasteiger partial charge on any atom is 0.306 e. The zero-order valence-electron chi connectivity index (χ0n) is 6.92. The van der Waals surface area contributed by atoms with E-state index in [1.807, 2.05) is 0 Å². The lowest BCUT2D eigenvalue weighted by Gasteiger charge is -2.18. The molecule has 1 aliphatic rings. The largest absolute Gasteiger partial charge is 0.481 e. The summed E-state index contributed by atoms with van der Waals surface area (Å²) >= 11 is 5.11. The Morgan fingerprint density at radius 2 is 2.46 bits per heavy atom. The fourth-order valence-electron chi connectivity index (χ4n) is 1.70. The quantitative estimate of drug-likeness (QED) is 0.843. The van der Waals surface area contributed by atoms with Crippen molar-refractivity contribution in [3.05, 3.63) is 20.3 Å². The molecule has 0 fully saturated rings. The molecule has 1 atom stereocenters. The lowest BCUT2D eigenvalue weighted by atomic mass is 9.86. The zero-order valence-corrected chi connectivity index (χ0v) is 9.32. The summed E-state index contributed by atoms with van der Waals surface area (Å²) in [6.45, 7) is 0. The van der Waals surface area contributed by atoms with E-state index in [-0.39, 0.29) is 5.92 Å². The summed E-state index contributed by atoms with van der Waals surface area (Å²) in [6, 6.07) is 0. The van der Waals surface area contributed by atoms with E-state index in [0.29, 0.717) is 6.42 Å². The third-order valence-corrected chi connectivity index (χ3v) is 4.39. The molecule has 13 heavy (non-hydrogen) atoms. The van der Waals surface area contributed by atoms with Crippen LogP contribution >= 0.6 is 27.3 Å². The maximum absolute atomic E-state index is 10.8. The van der Waals surface area contributed by atoms with E-state index in [2.05, 4.69) is 21.3 Å². The molecule has 1 aromatic rings. The number of aliphatic carboxylic acids is 1. The molecule has 1 heterocycles. The fraction of sp³-hybridized carbons (Fsp3) is 0.444. The molecule has 0 radical (unpaired) electrons. The van der Waals surface area contributed by atoms with Gasteiger partial charge in [-0.3, -0.25) is 4.79 Å². The van der Waals surface area contributed by atoms with Crippen molar-refractivity contribution in [2.75, 3.05) is 0 Å². The predicted octanol–water partition coefficient (Wildman–Crippen LogP) is 2.70. The highest BCUT2D eigenvalue weighted by Gasteiger charge is 2.26. The van der Waals surface area contributed by atoms with Crippen LogP contribution in [0.2, 0.25) is 0 Å². The van der Waals surface area contributed by atoms with Gasteiger partial charge in [-0.25, -0.2) is 0 Å². The van der Waals surface area contributed by atoms with Gasteiger partial charge in [0.1, 0.15) is 0 Å². The molecule has 1 unspecified atom stereocenters. The smallest absolute Gasteiger partial charge is 0.306 e. The highest BCUT2D eigenvalue weighted by Crippen LogP contribution is 2.35. The van der Waals surface area contributed by atoms with Gasteiger partial charge in [-0.2, -0.15) is 0 Å². The molecule has 0 amide bonds. The van der Waals surface area contributed by atoms with Crippen molar-refractivity contribution in [1.82, 2.24) is 0 Å². The number of aryl methyl sites for hydroxylation is 1. The van der Waals surface area contributed by atoms with Gasteiger partial charge in [-0.05, 0) is 51.7 Å². The SMILES string of the molecule is O=C(O)C1CCc2csc(Br)c2C1. The van der Waals surface area contributed by atoms with Crippen molar-refractivity contribution in [3.63, 3.8) is 0 Å². The average molecular weight is 261 g/mol.